The predicted octanol–water partition coefficient (Wildman–Crippen LogP) is 4.10. The van der Waals surface area contributed by atoms with Crippen LogP contribution in [0.15, 0.2) is 54.6 Å². The van der Waals surface area contributed by atoms with Gasteiger partial charge in [0.15, 0.2) is 0 Å². The SMILES string of the molecule is C1CC2CNCC2C1.CNc1ccccc1-c1ccccc1.O=CO. The standard InChI is InChI=1S/C13H13N.C7H13N.CH2O2/c1-14-13-10-6-5-9-12(13)11-7-3-2-4-8-11;1-2-6-4-8-5-7(6)3-1;2-1-3/h2-10,14H,1H3;6-8H,1-5H2;1H,(H,2,3). The molecule has 2 aromatic carbocycles. The van der Waals surface area contributed by atoms with Gasteiger partial charge in [0.05, 0.1) is 0 Å². The second-order valence-electron chi connectivity index (χ2n) is 6.38. The van der Waals surface area contributed by atoms with Crippen LogP contribution in [0.1, 0.15) is 19.3 Å². The Morgan fingerprint density at radius 1 is 1.00 bits per heavy atom. The van der Waals surface area contributed by atoms with Crippen molar-refractivity contribution >= 4 is 12.2 Å². The molecule has 134 valence electrons. The predicted molar refractivity (Wildman–Crippen MR) is 104 cm³/mol. The number of carboxylic acid groups (broad SMARTS) is 1. The monoisotopic (exact) mass is 340 g/mol. The van der Waals surface area contributed by atoms with Gasteiger partial charge in [0.2, 0.25) is 0 Å². The van der Waals surface area contributed by atoms with Gasteiger partial charge in [-0.1, -0.05) is 55.0 Å². The zero-order chi connectivity index (χ0) is 17.9. The largest absolute Gasteiger partial charge is 0.483 e. The average Bonchev–Trinajstić information content (AvgIpc) is 3.28. The molecule has 2 aliphatic rings. The van der Waals surface area contributed by atoms with Crippen molar-refractivity contribution in [2.45, 2.75) is 19.3 Å². The van der Waals surface area contributed by atoms with Crippen molar-refractivity contribution in [3.63, 3.8) is 0 Å². The zero-order valence-corrected chi connectivity index (χ0v) is 14.8. The normalized spacial score (nSPS) is 20.4. The molecule has 1 saturated heterocycles. The van der Waals surface area contributed by atoms with E-state index in [4.69, 9.17) is 9.90 Å². The third kappa shape index (κ3) is 5.61. The highest BCUT2D eigenvalue weighted by molar-refractivity contribution is 5.77. The summed E-state index contributed by atoms with van der Waals surface area (Å²) in [5.41, 5.74) is 3.66. The fourth-order valence-corrected chi connectivity index (χ4v) is 3.68. The van der Waals surface area contributed by atoms with Gasteiger partial charge in [-0.3, -0.25) is 4.79 Å². The molecule has 2 aromatic rings. The van der Waals surface area contributed by atoms with Crippen LogP contribution in [0.25, 0.3) is 11.1 Å². The van der Waals surface area contributed by atoms with Crippen molar-refractivity contribution in [3.8, 4) is 11.1 Å². The number of hydrogen-bond acceptors (Lipinski definition) is 3. The Bertz CT molecular complexity index is 611. The molecule has 0 bridgehead atoms. The highest BCUT2D eigenvalue weighted by Gasteiger charge is 2.30. The van der Waals surface area contributed by atoms with Crippen LogP contribution in [-0.2, 0) is 4.79 Å². The second kappa shape index (κ2) is 10.5. The molecule has 0 aromatic heterocycles. The van der Waals surface area contributed by atoms with Crippen molar-refractivity contribution in [1.82, 2.24) is 5.32 Å². The molecule has 2 atom stereocenters. The Hall–Kier alpha value is -2.33. The van der Waals surface area contributed by atoms with Crippen LogP contribution in [0.3, 0.4) is 0 Å². The van der Waals surface area contributed by atoms with Gasteiger partial charge in [0.1, 0.15) is 0 Å². The number of anilines is 1. The first-order valence-electron chi connectivity index (χ1n) is 8.91. The lowest BCUT2D eigenvalue weighted by atomic mass is 10.0. The van der Waals surface area contributed by atoms with Crippen LogP contribution < -0.4 is 10.6 Å². The minimum Gasteiger partial charge on any atom is -0.483 e. The number of nitrogens with one attached hydrogen (secondary N) is 2. The van der Waals surface area contributed by atoms with Gasteiger partial charge in [0, 0.05) is 18.3 Å². The van der Waals surface area contributed by atoms with Crippen LogP contribution in [-0.4, -0.2) is 31.7 Å². The summed E-state index contributed by atoms with van der Waals surface area (Å²) >= 11 is 0. The molecule has 3 N–H and O–H groups in total. The van der Waals surface area contributed by atoms with Crippen molar-refractivity contribution in [1.29, 1.82) is 0 Å². The van der Waals surface area contributed by atoms with E-state index in [1.54, 1.807) is 0 Å². The van der Waals surface area contributed by atoms with Crippen LogP contribution in [0, 0.1) is 11.8 Å². The fraction of sp³-hybridized carbons (Fsp3) is 0.381. The molecule has 0 amide bonds. The van der Waals surface area contributed by atoms with E-state index in [1.807, 2.05) is 19.2 Å². The van der Waals surface area contributed by atoms with Crippen molar-refractivity contribution < 1.29 is 9.90 Å². The van der Waals surface area contributed by atoms with Gasteiger partial charge in [-0.25, -0.2) is 0 Å². The Kier molecular flexibility index (Phi) is 7.99. The van der Waals surface area contributed by atoms with Crippen molar-refractivity contribution in [2.24, 2.45) is 11.8 Å². The quantitative estimate of drug-likeness (QED) is 0.720. The van der Waals surface area contributed by atoms with Gasteiger partial charge in [0.25, 0.3) is 6.47 Å². The number of rotatable bonds is 2. The highest BCUT2D eigenvalue weighted by atomic mass is 16.3. The first kappa shape index (κ1) is 19.0. The topological polar surface area (TPSA) is 61.4 Å². The first-order valence-corrected chi connectivity index (χ1v) is 8.91. The van der Waals surface area contributed by atoms with Gasteiger partial charge in [-0.2, -0.15) is 0 Å². The van der Waals surface area contributed by atoms with E-state index in [2.05, 4.69) is 53.1 Å². The van der Waals surface area contributed by atoms with Crippen LogP contribution in [0.2, 0.25) is 0 Å². The molecule has 4 rings (SSSR count). The van der Waals surface area contributed by atoms with Gasteiger partial charge < -0.3 is 15.7 Å². The lowest BCUT2D eigenvalue weighted by Crippen LogP contribution is -2.08. The summed E-state index contributed by atoms with van der Waals surface area (Å²) in [5.74, 6) is 2.13. The molecule has 2 fully saturated rings. The Labute approximate surface area is 150 Å². The molecular formula is C21H28N2O2. The maximum Gasteiger partial charge on any atom is 0.290 e. The minimum absolute atomic E-state index is 0.250. The Balaban J connectivity index is 0.000000172. The van der Waals surface area contributed by atoms with E-state index in [0.29, 0.717) is 0 Å². The van der Waals surface area contributed by atoms with Gasteiger partial charge in [-0.15, -0.1) is 0 Å². The summed E-state index contributed by atoms with van der Waals surface area (Å²) in [5, 5.41) is 13.5. The van der Waals surface area contributed by atoms with E-state index in [9.17, 15) is 0 Å². The van der Waals surface area contributed by atoms with E-state index in [0.717, 1.165) is 11.8 Å². The highest BCUT2D eigenvalue weighted by Crippen LogP contribution is 2.33. The molecule has 4 heteroatoms. The number of fused-ring (bicyclic) bond motifs is 1. The fourth-order valence-electron chi connectivity index (χ4n) is 3.68. The van der Waals surface area contributed by atoms with Crippen LogP contribution >= 0.6 is 0 Å². The zero-order valence-electron chi connectivity index (χ0n) is 14.8. The summed E-state index contributed by atoms with van der Waals surface area (Å²) in [6.07, 6.45) is 4.49. The van der Waals surface area contributed by atoms with Crippen molar-refractivity contribution in [2.75, 3.05) is 25.5 Å². The second-order valence-corrected chi connectivity index (χ2v) is 6.38. The molecule has 1 saturated carbocycles. The number of hydrogen-bond donors (Lipinski definition) is 3. The number of para-hydroxylation sites is 1. The summed E-state index contributed by atoms with van der Waals surface area (Å²) < 4.78 is 0. The van der Waals surface area contributed by atoms with E-state index in [1.165, 1.54) is 49.2 Å². The molecule has 1 aliphatic heterocycles. The molecule has 1 heterocycles. The molecular weight excluding hydrogens is 312 g/mol. The first-order chi connectivity index (χ1) is 12.3. The summed E-state index contributed by atoms with van der Waals surface area (Å²) in [7, 11) is 1.95. The van der Waals surface area contributed by atoms with Gasteiger partial charge in [-0.05, 0) is 49.4 Å². The smallest absolute Gasteiger partial charge is 0.290 e. The molecule has 25 heavy (non-hydrogen) atoms. The molecule has 2 unspecified atom stereocenters. The summed E-state index contributed by atoms with van der Waals surface area (Å²) in [6, 6.07) is 18.7. The van der Waals surface area contributed by atoms with Crippen LogP contribution in [0.5, 0.6) is 0 Å². The van der Waals surface area contributed by atoms with Gasteiger partial charge >= 0.3 is 0 Å². The Morgan fingerprint density at radius 2 is 1.56 bits per heavy atom. The van der Waals surface area contributed by atoms with Crippen molar-refractivity contribution in [3.05, 3.63) is 54.6 Å². The molecule has 1 aliphatic carbocycles. The number of benzene rings is 2. The maximum absolute atomic E-state index is 8.36. The maximum atomic E-state index is 8.36. The number of carbonyl (C=O) groups is 1. The Morgan fingerprint density at radius 3 is 2.16 bits per heavy atom. The third-order valence-corrected chi connectivity index (χ3v) is 4.91. The lowest BCUT2D eigenvalue weighted by Gasteiger charge is -2.08. The van der Waals surface area contributed by atoms with E-state index < -0.39 is 0 Å². The van der Waals surface area contributed by atoms with E-state index in [-0.39, 0.29) is 6.47 Å². The molecule has 0 spiro atoms. The van der Waals surface area contributed by atoms with E-state index >= 15 is 0 Å². The summed E-state index contributed by atoms with van der Waals surface area (Å²) in [4.78, 5) is 8.36. The third-order valence-electron chi connectivity index (χ3n) is 4.91. The van der Waals surface area contributed by atoms with Crippen LogP contribution in [0.4, 0.5) is 5.69 Å². The average molecular weight is 340 g/mol. The summed E-state index contributed by atoms with van der Waals surface area (Å²) in [6.45, 7) is 2.37. The molecule has 0 radical (unpaired) electrons. The molecule has 4 nitrogen and oxygen atoms in total. The minimum atomic E-state index is -0.250. The lowest BCUT2D eigenvalue weighted by molar-refractivity contribution is -0.122.